The van der Waals surface area contributed by atoms with Gasteiger partial charge in [-0.2, -0.15) is 11.3 Å². The van der Waals surface area contributed by atoms with Gasteiger partial charge in [-0.3, -0.25) is 4.79 Å². The number of fused-ring (bicyclic) bond motifs is 1. The Morgan fingerprint density at radius 3 is 2.83 bits per heavy atom. The lowest BCUT2D eigenvalue weighted by Gasteiger charge is -2.22. The summed E-state index contributed by atoms with van der Waals surface area (Å²) in [5.74, 6) is -0.612. The minimum atomic E-state index is -1.13. The number of aryl methyl sites for hydroxylation is 1. The summed E-state index contributed by atoms with van der Waals surface area (Å²) in [7, 11) is 0. The van der Waals surface area contributed by atoms with E-state index in [0.29, 0.717) is 15.8 Å². The van der Waals surface area contributed by atoms with Crippen molar-refractivity contribution in [2.45, 2.75) is 19.4 Å². The highest BCUT2D eigenvalue weighted by molar-refractivity contribution is 7.21. The second kappa shape index (κ2) is 6.03. The Morgan fingerprint density at radius 2 is 2.17 bits per heavy atom. The molecule has 6 heteroatoms. The van der Waals surface area contributed by atoms with Crippen LogP contribution in [0.15, 0.2) is 35.0 Å². The van der Waals surface area contributed by atoms with Crippen LogP contribution in [0.1, 0.15) is 27.7 Å². The number of carbonyl (C=O) groups excluding carboxylic acids is 1. The van der Waals surface area contributed by atoms with Crippen molar-refractivity contribution in [2.75, 3.05) is 6.54 Å². The van der Waals surface area contributed by atoms with Gasteiger partial charge in [-0.25, -0.2) is 4.39 Å². The molecule has 2 N–H and O–H groups in total. The van der Waals surface area contributed by atoms with Crippen LogP contribution in [-0.2, 0) is 5.60 Å². The molecule has 1 aromatic carbocycles. The number of halogens is 1. The van der Waals surface area contributed by atoms with Crippen molar-refractivity contribution in [2.24, 2.45) is 0 Å². The van der Waals surface area contributed by atoms with Crippen molar-refractivity contribution >= 4 is 38.7 Å². The molecule has 0 radical (unpaired) electrons. The Labute approximate surface area is 141 Å². The Bertz CT molecular complexity index is 853. The highest BCUT2D eigenvalue weighted by atomic mass is 32.1. The van der Waals surface area contributed by atoms with Crippen LogP contribution in [0.25, 0.3) is 10.1 Å². The minimum Gasteiger partial charge on any atom is -0.384 e. The molecule has 1 atom stereocenters. The van der Waals surface area contributed by atoms with Gasteiger partial charge in [-0.1, -0.05) is 6.07 Å². The van der Waals surface area contributed by atoms with E-state index in [-0.39, 0.29) is 18.3 Å². The summed E-state index contributed by atoms with van der Waals surface area (Å²) < 4.78 is 14.7. The average molecular weight is 349 g/mol. The molecule has 2 heterocycles. The Morgan fingerprint density at radius 1 is 1.39 bits per heavy atom. The molecule has 1 unspecified atom stereocenters. The van der Waals surface area contributed by atoms with E-state index in [1.54, 1.807) is 26.0 Å². The highest BCUT2D eigenvalue weighted by Crippen LogP contribution is 2.32. The van der Waals surface area contributed by atoms with E-state index in [4.69, 9.17) is 0 Å². The normalized spacial score (nSPS) is 13.9. The summed E-state index contributed by atoms with van der Waals surface area (Å²) in [6.45, 7) is 3.50. The van der Waals surface area contributed by atoms with Crippen LogP contribution >= 0.6 is 22.7 Å². The Balaban J connectivity index is 1.82. The van der Waals surface area contributed by atoms with E-state index in [1.165, 1.54) is 28.7 Å². The molecule has 3 nitrogen and oxygen atoms in total. The zero-order chi connectivity index (χ0) is 16.6. The smallest absolute Gasteiger partial charge is 0.261 e. The SMILES string of the molecule is Cc1c(C(=O)NCC(C)(O)c2ccsc2)sc2cccc(F)c12. The first-order valence-corrected chi connectivity index (χ1v) is 8.87. The van der Waals surface area contributed by atoms with Gasteiger partial charge < -0.3 is 10.4 Å². The number of hydrogen-bond acceptors (Lipinski definition) is 4. The largest absolute Gasteiger partial charge is 0.384 e. The molecule has 0 fully saturated rings. The van der Waals surface area contributed by atoms with Crippen molar-refractivity contribution in [1.82, 2.24) is 5.32 Å². The molecule has 0 spiro atoms. The van der Waals surface area contributed by atoms with Crippen LogP contribution in [0.2, 0.25) is 0 Å². The van der Waals surface area contributed by atoms with E-state index in [1.807, 2.05) is 16.8 Å². The van der Waals surface area contributed by atoms with Crippen LogP contribution < -0.4 is 5.32 Å². The Kier molecular flexibility index (Phi) is 4.23. The standard InChI is InChI=1S/C17H16FNO2S2/c1-10-14-12(18)4-3-5-13(14)23-15(10)16(20)19-9-17(2,21)11-6-7-22-8-11/h3-8,21H,9H2,1-2H3,(H,19,20). The number of thiophene rings is 2. The summed E-state index contributed by atoms with van der Waals surface area (Å²) in [6.07, 6.45) is 0. The topological polar surface area (TPSA) is 49.3 Å². The van der Waals surface area contributed by atoms with Crippen LogP contribution in [0, 0.1) is 12.7 Å². The van der Waals surface area contributed by atoms with Gasteiger partial charge in [-0.15, -0.1) is 11.3 Å². The number of benzene rings is 1. The highest BCUT2D eigenvalue weighted by Gasteiger charge is 2.25. The third kappa shape index (κ3) is 3.02. The molecule has 3 aromatic rings. The number of hydrogen-bond donors (Lipinski definition) is 2. The van der Waals surface area contributed by atoms with Crippen molar-refractivity contribution in [1.29, 1.82) is 0 Å². The summed E-state index contributed by atoms with van der Waals surface area (Å²) in [5.41, 5.74) is 0.267. The molecule has 23 heavy (non-hydrogen) atoms. The minimum absolute atomic E-state index is 0.0960. The van der Waals surface area contributed by atoms with E-state index >= 15 is 0 Å². The molecule has 0 aliphatic rings. The zero-order valence-corrected chi connectivity index (χ0v) is 14.4. The monoisotopic (exact) mass is 349 g/mol. The van der Waals surface area contributed by atoms with Crippen LogP contribution in [-0.4, -0.2) is 17.6 Å². The number of aliphatic hydroxyl groups is 1. The lowest BCUT2D eigenvalue weighted by Crippen LogP contribution is -2.38. The van der Waals surface area contributed by atoms with Crippen LogP contribution in [0.5, 0.6) is 0 Å². The number of carbonyl (C=O) groups is 1. The van der Waals surface area contributed by atoms with Crippen molar-refractivity contribution in [3.05, 3.63) is 56.8 Å². The predicted octanol–water partition coefficient (Wildman–Crippen LogP) is 4.05. The lowest BCUT2D eigenvalue weighted by atomic mass is 9.99. The Hall–Kier alpha value is -1.76. The van der Waals surface area contributed by atoms with Gasteiger partial charge in [-0.05, 0) is 53.9 Å². The molecule has 120 valence electrons. The molecule has 1 amide bonds. The van der Waals surface area contributed by atoms with E-state index < -0.39 is 5.60 Å². The van der Waals surface area contributed by atoms with Crippen LogP contribution in [0.4, 0.5) is 4.39 Å². The van der Waals surface area contributed by atoms with Crippen molar-refractivity contribution in [3.8, 4) is 0 Å². The van der Waals surface area contributed by atoms with Crippen LogP contribution in [0.3, 0.4) is 0 Å². The fourth-order valence-electron chi connectivity index (χ4n) is 2.48. The molecule has 0 aliphatic carbocycles. The first-order chi connectivity index (χ1) is 10.9. The second-order valence-corrected chi connectivity index (χ2v) is 7.47. The van der Waals surface area contributed by atoms with Gasteiger partial charge in [0.05, 0.1) is 11.4 Å². The number of amides is 1. The molecular formula is C17H16FNO2S2. The van der Waals surface area contributed by atoms with Gasteiger partial charge in [0.15, 0.2) is 0 Å². The third-order valence-corrected chi connectivity index (χ3v) is 5.78. The third-order valence-electron chi connectivity index (χ3n) is 3.85. The van der Waals surface area contributed by atoms with Crippen molar-refractivity contribution in [3.63, 3.8) is 0 Å². The van der Waals surface area contributed by atoms with Gasteiger partial charge in [0, 0.05) is 10.1 Å². The predicted molar refractivity (Wildman–Crippen MR) is 92.7 cm³/mol. The summed E-state index contributed by atoms with van der Waals surface area (Å²) in [5, 5.41) is 17.4. The van der Waals surface area contributed by atoms with E-state index in [0.717, 1.165) is 10.3 Å². The molecule has 0 aliphatic heterocycles. The van der Waals surface area contributed by atoms with Gasteiger partial charge in [0.2, 0.25) is 0 Å². The molecule has 0 bridgehead atoms. The summed E-state index contributed by atoms with van der Waals surface area (Å²) in [4.78, 5) is 12.9. The lowest BCUT2D eigenvalue weighted by molar-refractivity contribution is 0.0531. The van der Waals surface area contributed by atoms with E-state index in [2.05, 4.69) is 5.32 Å². The maximum Gasteiger partial charge on any atom is 0.261 e. The average Bonchev–Trinajstić information content (AvgIpc) is 3.14. The first kappa shape index (κ1) is 16.1. The van der Waals surface area contributed by atoms with Gasteiger partial charge in [0.25, 0.3) is 5.91 Å². The number of rotatable bonds is 4. The van der Waals surface area contributed by atoms with Gasteiger partial charge >= 0.3 is 0 Å². The van der Waals surface area contributed by atoms with Gasteiger partial charge in [0.1, 0.15) is 11.4 Å². The fourth-order valence-corrected chi connectivity index (χ4v) is 4.40. The fraction of sp³-hybridized carbons (Fsp3) is 0.235. The maximum atomic E-state index is 13.9. The summed E-state index contributed by atoms with van der Waals surface area (Å²) in [6, 6.07) is 6.66. The van der Waals surface area contributed by atoms with Crippen molar-refractivity contribution < 1.29 is 14.3 Å². The second-order valence-electron chi connectivity index (χ2n) is 5.64. The summed E-state index contributed by atoms with van der Waals surface area (Å²) >= 11 is 2.75. The molecule has 0 saturated heterocycles. The molecular weight excluding hydrogens is 333 g/mol. The number of nitrogens with one attached hydrogen (secondary N) is 1. The zero-order valence-electron chi connectivity index (χ0n) is 12.7. The molecule has 0 saturated carbocycles. The quantitative estimate of drug-likeness (QED) is 0.747. The molecule has 2 aromatic heterocycles. The maximum absolute atomic E-state index is 13.9. The first-order valence-electron chi connectivity index (χ1n) is 7.11. The molecule has 3 rings (SSSR count). The van der Waals surface area contributed by atoms with E-state index in [9.17, 15) is 14.3 Å².